The van der Waals surface area contributed by atoms with Crippen LogP contribution >= 0.6 is 0 Å². The Morgan fingerprint density at radius 3 is 1.55 bits per heavy atom. The van der Waals surface area contributed by atoms with Crippen LogP contribution in [0.3, 0.4) is 0 Å². The van der Waals surface area contributed by atoms with Crippen molar-refractivity contribution in [1.29, 1.82) is 0 Å². The van der Waals surface area contributed by atoms with E-state index in [1.807, 2.05) is 0 Å². The Balaban J connectivity index is 0. The molecular formula is C16H34NaO4S+. The quantitative estimate of drug-likeness (QED) is 0.262. The summed E-state index contributed by atoms with van der Waals surface area (Å²) in [5.41, 5.74) is 0. The van der Waals surface area contributed by atoms with Crippen molar-refractivity contribution in [2.75, 3.05) is 19.0 Å². The molecular weight excluding hydrogens is 311 g/mol. The standard InChI is InChI=1S/C16H34O4S.Na/c1-2-3-4-5-6-7-8-9-10-11-12-13-14-20-15-16-21(17,18)19;/h2-16H2,1H3,(H,17,18,19);/q;+1. The molecule has 0 saturated carbocycles. The van der Waals surface area contributed by atoms with Crippen LogP contribution in [0.4, 0.5) is 0 Å². The van der Waals surface area contributed by atoms with Crippen LogP contribution in [0.1, 0.15) is 84.0 Å². The molecule has 0 unspecified atom stereocenters. The molecule has 6 heteroatoms. The Morgan fingerprint density at radius 1 is 0.727 bits per heavy atom. The fourth-order valence-corrected chi connectivity index (χ4v) is 2.64. The van der Waals surface area contributed by atoms with Crippen molar-refractivity contribution in [1.82, 2.24) is 0 Å². The Hall–Kier alpha value is 0.870. The van der Waals surface area contributed by atoms with Crippen molar-refractivity contribution in [2.24, 2.45) is 0 Å². The maximum atomic E-state index is 10.4. The van der Waals surface area contributed by atoms with E-state index in [-0.39, 0.29) is 41.9 Å². The molecule has 4 nitrogen and oxygen atoms in total. The van der Waals surface area contributed by atoms with Crippen molar-refractivity contribution in [3.63, 3.8) is 0 Å². The molecule has 0 fully saturated rings. The van der Waals surface area contributed by atoms with Crippen LogP contribution in [0.15, 0.2) is 0 Å². The van der Waals surface area contributed by atoms with Crippen molar-refractivity contribution < 1.29 is 47.3 Å². The summed E-state index contributed by atoms with van der Waals surface area (Å²) in [7, 11) is -3.87. The zero-order valence-electron chi connectivity index (χ0n) is 14.7. The predicted octanol–water partition coefficient (Wildman–Crippen LogP) is 1.60. The second kappa shape index (κ2) is 18.2. The molecule has 0 amide bonds. The van der Waals surface area contributed by atoms with E-state index in [4.69, 9.17) is 9.29 Å². The number of hydrogen-bond donors (Lipinski definition) is 1. The molecule has 0 rings (SSSR count). The van der Waals surface area contributed by atoms with E-state index in [0.717, 1.165) is 12.8 Å². The van der Waals surface area contributed by atoms with Gasteiger partial charge in [-0.25, -0.2) is 0 Å². The first-order valence-corrected chi connectivity index (χ1v) is 10.2. The minimum atomic E-state index is -3.87. The van der Waals surface area contributed by atoms with E-state index in [9.17, 15) is 8.42 Å². The molecule has 0 aliphatic heterocycles. The van der Waals surface area contributed by atoms with Gasteiger partial charge >= 0.3 is 29.6 Å². The molecule has 0 aliphatic rings. The fraction of sp³-hybridized carbons (Fsp3) is 1.00. The molecule has 0 bridgehead atoms. The van der Waals surface area contributed by atoms with Crippen molar-refractivity contribution in [3.05, 3.63) is 0 Å². The van der Waals surface area contributed by atoms with E-state index >= 15 is 0 Å². The first-order chi connectivity index (χ1) is 10.1. The van der Waals surface area contributed by atoms with E-state index in [1.165, 1.54) is 64.2 Å². The molecule has 0 aromatic heterocycles. The first-order valence-electron chi connectivity index (χ1n) is 8.59. The van der Waals surface area contributed by atoms with Gasteiger partial charge in [-0.05, 0) is 6.42 Å². The molecule has 0 atom stereocenters. The molecule has 1 N–H and O–H groups in total. The summed E-state index contributed by atoms with van der Waals surface area (Å²) in [4.78, 5) is 0. The van der Waals surface area contributed by atoms with Crippen molar-refractivity contribution >= 4 is 10.1 Å². The SMILES string of the molecule is CCCCCCCCCCCCCCOCCS(=O)(=O)O.[Na+]. The van der Waals surface area contributed by atoms with Gasteiger partial charge in [0.1, 0.15) is 0 Å². The maximum Gasteiger partial charge on any atom is 1.00 e. The minimum absolute atomic E-state index is 0. The predicted molar refractivity (Wildman–Crippen MR) is 88.3 cm³/mol. The van der Waals surface area contributed by atoms with E-state index < -0.39 is 10.1 Å². The average Bonchev–Trinajstić information content (AvgIpc) is 2.42. The minimum Gasteiger partial charge on any atom is -0.380 e. The van der Waals surface area contributed by atoms with Crippen LogP contribution in [-0.4, -0.2) is 31.9 Å². The second-order valence-electron chi connectivity index (χ2n) is 5.79. The topological polar surface area (TPSA) is 63.6 Å². The number of rotatable bonds is 16. The Bertz CT molecular complexity index is 307. The zero-order valence-corrected chi connectivity index (χ0v) is 17.5. The van der Waals surface area contributed by atoms with Gasteiger partial charge in [0, 0.05) is 6.61 Å². The second-order valence-corrected chi connectivity index (χ2v) is 7.36. The molecule has 0 aromatic carbocycles. The maximum absolute atomic E-state index is 10.4. The van der Waals surface area contributed by atoms with Gasteiger partial charge in [0.05, 0.1) is 12.4 Å². The molecule has 0 aromatic rings. The van der Waals surface area contributed by atoms with Crippen LogP contribution in [0.5, 0.6) is 0 Å². The van der Waals surface area contributed by atoms with Crippen LogP contribution in [0, 0.1) is 0 Å². The van der Waals surface area contributed by atoms with Gasteiger partial charge < -0.3 is 4.74 Å². The number of ether oxygens (including phenoxy) is 1. The molecule has 128 valence electrons. The summed E-state index contributed by atoms with van der Waals surface area (Å²) < 4.78 is 34.6. The molecule has 0 radical (unpaired) electrons. The van der Waals surface area contributed by atoms with Crippen molar-refractivity contribution in [3.8, 4) is 0 Å². The molecule has 22 heavy (non-hydrogen) atoms. The molecule has 0 spiro atoms. The van der Waals surface area contributed by atoms with Crippen LogP contribution in [0.2, 0.25) is 0 Å². The summed E-state index contributed by atoms with van der Waals surface area (Å²) in [6.07, 6.45) is 15.6. The van der Waals surface area contributed by atoms with Crippen molar-refractivity contribution in [2.45, 2.75) is 84.0 Å². The van der Waals surface area contributed by atoms with E-state index in [2.05, 4.69) is 6.92 Å². The Labute approximate surface area is 159 Å². The number of hydrogen-bond acceptors (Lipinski definition) is 3. The Morgan fingerprint density at radius 2 is 1.14 bits per heavy atom. The zero-order chi connectivity index (χ0) is 15.8. The molecule has 0 heterocycles. The summed E-state index contributed by atoms with van der Waals surface area (Å²) in [5.74, 6) is -0.300. The van der Waals surface area contributed by atoms with Gasteiger partial charge in [-0.15, -0.1) is 0 Å². The largest absolute Gasteiger partial charge is 1.00 e. The van der Waals surface area contributed by atoms with E-state index in [1.54, 1.807) is 0 Å². The van der Waals surface area contributed by atoms with Gasteiger partial charge in [-0.1, -0.05) is 77.6 Å². The monoisotopic (exact) mass is 345 g/mol. The number of unbranched alkanes of at least 4 members (excludes halogenated alkanes) is 11. The molecule has 0 saturated heterocycles. The summed E-state index contributed by atoms with van der Waals surface area (Å²) in [6.45, 7) is 2.93. The summed E-state index contributed by atoms with van der Waals surface area (Å²) in [5, 5.41) is 0. The van der Waals surface area contributed by atoms with Gasteiger partial charge in [-0.2, -0.15) is 8.42 Å². The van der Waals surface area contributed by atoms with Gasteiger partial charge in [0.15, 0.2) is 0 Å². The third-order valence-electron chi connectivity index (χ3n) is 3.63. The van der Waals surface area contributed by atoms with Gasteiger partial charge in [0.25, 0.3) is 10.1 Å². The fourth-order valence-electron chi connectivity index (χ4n) is 2.31. The van der Waals surface area contributed by atoms with Crippen LogP contribution in [-0.2, 0) is 14.9 Å². The van der Waals surface area contributed by atoms with Gasteiger partial charge in [0.2, 0.25) is 0 Å². The smallest absolute Gasteiger partial charge is 0.380 e. The first kappa shape index (κ1) is 25.1. The third kappa shape index (κ3) is 23.1. The summed E-state index contributed by atoms with van der Waals surface area (Å²) >= 11 is 0. The van der Waals surface area contributed by atoms with E-state index in [0.29, 0.717) is 6.61 Å². The molecule has 0 aliphatic carbocycles. The van der Waals surface area contributed by atoms with Crippen LogP contribution in [0.25, 0.3) is 0 Å². The normalized spacial score (nSPS) is 11.4. The van der Waals surface area contributed by atoms with Crippen LogP contribution < -0.4 is 29.6 Å². The third-order valence-corrected chi connectivity index (χ3v) is 4.31. The Kier molecular flexibility index (Phi) is 20.8. The summed E-state index contributed by atoms with van der Waals surface area (Å²) in [6, 6.07) is 0. The van der Waals surface area contributed by atoms with Gasteiger partial charge in [-0.3, -0.25) is 4.55 Å². The average molecular weight is 346 g/mol.